The molecule has 1 aromatic heterocycles. The van der Waals surface area contributed by atoms with Crippen molar-refractivity contribution in [1.29, 1.82) is 0 Å². The van der Waals surface area contributed by atoms with Crippen molar-refractivity contribution >= 4 is 11.8 Å². The van der Waals surface area contributed by atoms with Crippen molar-refractivity contribution in [2.24, 2.45) is 0 Å². The van der Waals surface area contributed by atoms with E-state index < -0.39 is 0 Å². The Morgan fingerprint density at radius 3 is 2.53 bits per heavy atom. The number of aryl methyl sites for hydroxylation is 2. The molecule has 1 aromatic carbocycles. The Hall–Kier alpha value is -2.17. The molecule has 0 atom stereocenters. The number of carbonyl (C=O) groups is 1. The van der Waals surface area contributed by atoms with E-state index in [0.29, 0.717) is 11.5 Å². The lowest BCUT2D eigenvalue weighted by Crippen LogP contribution is -2.42. The van der Waals surface area contributed by atoms with Crippen LogP contribution >= 0.6 is 0 Å². The number of benzene rings is 1. The van der Waals surface area contributed by atoms with Gasteiger partial charge in [-0.15, -0.1) is 0 Å². The lowest BCUT2D eigenvalue weighted by molar-refractivity contribution is -0.727. The van der Waals surface area contributed by atoms with E-state index in [1.54, 1.807) is 19.1 Å². The molecule has 5 heteroatoms. The molecular weight excluding hydrogens is 218 g/mol. The summed E-state index contributed by atoms with van der Waals surface area (Å²) in [5.41, 5.74) is 7.33. The Labute approximate surface area is 98.9 Å². The molecule has 0 fully saturated rings. The second-order valence-corrected chi connectivity index (χ2v) is 3.91. The van der Waals surface area contributed by atoms with Crippen molar-refractivity contribution in [3.63, 3.8) is 0 Å². The monoisotopic (exact) mass is 232 g/mol. The van der Waals surface area contributed by atoms with Gasteiger partial charge in [0.1, 0.15) is 0 Å². The van der Waals surface area contributed by atoms with Crippen LogP contribution in [0.4, 0.5) is 6.01 Å². The quantitative estimate of drug-likeness (QED) is 0.634. The first kappa shape index (κ1) is 11.3. The van der Waals surface area contributed by atoms with Gasteiger partial charge in [-0.1, -0.05) is 34.5 Å². The Morgan fingerprint density at radius 1 is 1.35 bits per heavy atom. The first-order valence-corrected chi connectivity index (χ1v) is 5.29. The van der Waals surface area contributed by atoms with Crippen LogP contribution in [-0.4, -0.2) is 10.9 Å². The second kappa shape index (κ2) is 4.37. The summed E-state index contributed by atoms with van der Waals surface area (Å²) in [6, 6.07) is 7.52. The number of nitrogens with zero attached hydrogens (tertiary/aromatic N) is 2. The van der Waals surface area contributed by atoms with Crippen LogP contribution in [-0.2, 0) is 6.54 Å². The van der Waals surface area contributed by atoms with Gasteiger partial charge in [0.2, 0.25) is 11.7 Å². The van der Waals surface area contributed by atoms with Crippen LogP contribution in [0.1, 0.15) is 21.8 Å². The third kappa shape index (κ3) is 2.50. The fraction of sp³-hybridized carbons (Fsp3) is 0.250. The molecule has 2 rings (SSSR count). The molecule has 0 saturated carbocycles. The molecule has 0 unspecified atom stereocenters. The number of anilines is 1. The number of rotatable bonds is 3. The highest BCUT2D eigenvalue weighted by Crippen LogP contribution is 2.05. The largest absolute Gasteiger partial charge is 0.475 e. The van der Waals surface area contributed by atoms with Crippen molar-refractivity contribution in [2.45, 2.75) is 20.4 Å². The van der Waals surface area contributed by atoms with Crippen LogP contribution < -0.4 is 10.4 Å². The summed E-state index contributed by atoms with van der Waals surface area (Å²) in [7, 11) is 0. The zero-order chi connectivity index (χ0) is 12.4. The molecule has 2 N–H and O–H groups in total. The smallest absolute Gasteiger partial charge is 0.372 e. The molecule has 0 aliphatic carbocycles. The molecule has 0 aliphatic heterocycles. The molecule has 0 radical (unpaired) electrons. The number of carbonyl (C=O) groups excluding carboxylic acids is 1. The number of ketones is 1. The third-order valence-corrected chi connectivity index (χ3v) is 2.44. The fourth-order valence-corrected chi connectivity index (χ4v) is 1.52. The summed E-state index contributed by atoms with van der Waals surface area (Å²) in [6.07, 6.45) is 0. The molecule has 88 valence electrons. The van der Waals surface area contributed by atoms with Gasteiger partial charge in [0.25, 0.3) is 0 Å². The van der Waals surface area contributed by atoms with Crippen LogP contribution in [0.15, 0.2) is 28.7 Å². The molecule has 0 amide bonds. The summed E-state index contributed by atoms with van der Waals surface area (Å²) < 4.78 is 6.41. The van der Waals surface area contributed by atoms with Crippen LogP contribution in [0.2, 0.25) is 0 Å². The Bertz CT molecular complexity index is 543. The van der Waals surface area contributed by atoms with E-state index in [0.717, 1.165) is 5.56 Å². The number of nitrogens with two attached hydrogens (primary N) is 1. The van der Waals surface area contributed by atoms with Crippen molar-refractivity contribution in [3.05, 3.63) is 41.3 Å². The number of aromatic nitrogens is 2. The maximum absolute atomic E-state index is 11.9. The van der Waals surface area contributed by atoms with Crippen molar-refractivity contribution in [2.75, 3.05) is 5.73 Å². The van der Waals surface area contributed by atoms with Gasteiger partial charge in [0, 0.05) is 12.5 Å². The minimum atomic E-state index is -0.0463. The van der Waals surface area contributed by atoms with E-state index in [1.807, 2.05) is 19.1 Å². The maximum atomic E-state index is 11.9. The minimum absolute atomic E-state index is 0.0463. The van der Waals surface area contributed by atoms with E-state index in [9.17, 15) is 4.79 Å². The third-order valence-electron chi connectivity index (χ3n) is 2.44. The topological polar surface area (TPSA) is 73.0 Å². The number of Topliss-reactive ketones (excluding diaryl/α,β-unsaturated/α-hetero) is 1. The fourth-order valence-electron chi connectivity index (χ4n) is 1.52. The minimum Gasteiger partial charge on any atom is -0.372 e. The predicted molar refractivity (Wildman–Crippen MR) is 61.4 cm³/mol. The van der Waals surface area contributed by atoms with Gasteiger partial charge in [-0.3, -0.25) is 10.5 Å². The SMILES string of the molecule is Cc1ccc(C(=O)C[n+]2nc(C)oc2N)cc1. The van der Waals surface area contributed by atoms with Crippen molar-refractivity contribution in [3.8, 4) is 0 Å². The van der Waals surface area contributed by atoms with Crippen LogP contribution in [0.3, 0.4) is 0 Å². The first-order chi connectivity index (χ1) is 8.06. The molecule has 0 aliphatic rings. The van der Waals surface area contributed by atoms with Crippen molar-refractivity contribution in [1.82, 2.24) is 5.10 Å². The molecule has 0 spiro atoms. The molecular formula is C12H14N3O2+. The highest BCUT2D eigenvalue weighted by molar-refractivity contribution is 5.95. The highest BCUT2D eigenvalue weighted by atomic mass is 16.4. The van der Waals surface area contributed by atoms with Gasteiger partial charge in [-0.25, -0.2) is 0 Å². The van der Waals surface area contributed by atoms with Gasteiger partial charge in [0.05, 0.1) is 0 Å². The summed E-state index contributed by atoms with van der Waals surface area (Å²) in [5.74, 6) is 0.397. The molecule has 1 heterocycles. The van der Waals surface area contributed by atoms with Crippen LogP contribution in [0.25, 0.3) is 0 Å². The predicted octanol–water partition coefficient (Wildman–Crippen LogP) is 1.04. The van der Waals surface area contributed by atoms with E-state index in [2.05, 4.69) is 5.10 Å². The number of nitrogen functional groups attached to an aromatic ring is 1. The van der Waals surface area contributed by atoms with Crippen LogP contribution in [0, 0.1) is 13.8 Å². The van der Waals surface area contributed by atoms with E-state index in [4.69, 9.17) is 10.2 Å². The van der Waals surface area contributed by atoms with Gasteiger partial charge in [0.15, 0.2) is 6.54 Å². The van der Waals surface area contributed by atoms with Gasteiger partial charge in [-0.2, -0.15) is 0 Å². The maximum Gasteiger partial charge on any atom is 0.475 e. The lowest BCUT2D eigenvalue weighted by Gasteiger charge is -1.98. The molecule has 5 nitrogen and oxygen atoms in total. The summed E-state index contributed by atoms with van der Waals surface area (Å²) in [4.78, 5) is 11.9. The van der Waals surface area contributed by atoms with Crippen LogP contribution in [0.5, 0.6) is 0 Å². The van der Waals surface area contributed by atoms with Gasteiger partial charge >= 0.3 is 6.01 Å². The highest BCUT2D eigenvalue weighted by Gasteiger charge is 2.18. The average Bonchev–Trinajstić information content (AvgIpc) is 2.58. The van der Waals surface area contributed by atoms with Gasteiger partial charge in [-0.05, 0) is 12.0 Å². The standard InChI is InChI=1S/C12H13N3O2/c1-8-3-5-10(6-4-8)11(16)7-15-12(13)17-9(2)14-15/h3-6,13H,7H2,1-2H3/p+1. The van der Waals surface area contributed by atoms with E-state index in [-0.39, 0.29) is 18.3 Å². The number of hydrogen-bond donors (Lipinski definition) is 1. The second-order valence-electron chi connectivity index (χ2n) is 3.91. The summed E-state index contributed by atoms with van der Waals surface area (Å²) in [5, 5.41) is 4.00. The normalized spacial score (nSPS) is 10.5. The van der Waals surface area contributed by atoms with Gasteiger partial charge < -0.3 is 4.42 Å². The zero-order valence-corrected chi connectivity index (χ0v) is 9.80. The van der Waals surface area contributed by atoms with E-state index in [1.165, 1.54) is 4.68 Å². The Balaban J connectivity index is 2.17. The van der Waals surface area contributed by atoms with Crippen molar-refractivity contribution < 1.29 is 13.9 Å². The lowest BCUT2D eigenvalue weighted by atomic mass is 10.1. The zero-order valence-electron chi connectivity index (χ0n) is 9.80. The molecule has 0 bridgehead atoms. The summed E-state index contributed by atoms with van der Waals surface area (Å²) in [6.45, 7) is 3.75. The summed E-state index contributed by atoms with van der Waals surface area (Å²) >= 11 is 0. The molecule has 17 heavy (non-hydrogen) atoms. The Kier molecular flexibility index (Phi) is 2.91. The van der Waals surface area contributed by atoms with E-state index >= 15 is 0 Å². The average molecular weight is 232 g/mol. The molecule has 0 saturated heterocycles. The Morgan fingerprint density at radius 2 is 2.00 bits per heavy atom. The molecule has 2 aromatic rings. The number of hydrogen-bond acceptors (Lipinski definition) is 4. The first-order valence-electron chi connectivity index (χ1n) is 5.29.